The summed E-state index contributed by atoms with van der Waals surface area (Å²) < 4.78 is 5.62. The molecule has 92 valence electrons. The van der Waals surface area contributed by atoms with E-state index in [0.717, 1.165) is 11.1 Å². The number of aryl methyl sites for hydroxylation is 1. The average Bonchev–Trinajstić information content (AvgIpc) is 2.37. The summed E-state index contributed by atoms with van der Waals surface area (Å²) in [5, 5.41) is 18.2. The molecule has 4 nitrogen and oxygen atoms in total. The normalized spacial score (nSPS) is 10.2. The van der Waals surface area contributed by atoms with Gasteiger partial charge >= 0.3 is 7.12 Å². The summed E-state index contributed by atoms with van der Waals surface area (Å²) in [6.07, 6.45) is 3.43. The highest BCUT2D eigenvalue weighted by Crippen LogP contribution is 2.13. The summed E-state index contributed by atoms with van der Waals surface area (Å²) in [5.41, 5.74) is 2.32. The van der Waals surface area contributed by atoms with Crippen LogP contribution in [0.1, 0.15) is 11.1 Å². The average molecular weight is 243 g/mol. The SMILES string of the molecule is Cc1cc(OCc2ccncc2)ccc1B(O)O. The second-order valence-corrected chi connectivity index (χ2v) is 4.04. The molecule has 0 atom stereocenters. The van der Waals surface area contributed by atoms with Crippen molar-refractivity contribution in [2.24, 2.45) is 0 Å². The van der Waals surface area contributed by atoms with Gasteiger partial charge in [0.05, 0.1) is 0 Å². The number of hydrogen-bond donors (Lipinski definition) is 2. The van der Waals surface area contributed by atoms with Crippen molar-refractivity contribution in [1.82, 2.24) is 4.98 Å². The molecule has 0 radical (unpaired) electrons. The molecule has 0 saturated carbocycles. The smallest absolute Gasteiger partial charge is 0.488 e. The Morgan fingerprint density at radius 3 is 2.50 bits per heavy atom. The van der Waals surface area contributed by atoms with E-state index in [1.807, 2.05) is 19.1 Å². The van der Waals surface area contributed by atoms with Crippen LogP contribution in [-0.2, 0) is 6.61 Å². The van der Waals surface area contributed by atoms with Crippen molar-refractivity contribution < 1.29 is 14.8 Å². The van der Waals surface area contributed by atoms with Crippen LogP contribution < -0.4 is 10.2 Å². The first-order valence-corrected chi connectivity index (χ1v) is 5.65. The molecule has 0 fully saturated rings. The minimum atomic E-state index is -1.45. The maximum absolute atomic E-state index is 9.11. The molecular formula is C13H14BNO3. The van der Waals surface area contributed by atoms with Gasteiger partial charge in [-0.1, -0.05) is 6.07 Å². The summed E-state index contributed by atoms with van der Waals surface area (Å²) in [7, 11) is -1.45. The van der Waals surface area contributed by atoms with Gasteiger partial charge in [0.2, 0.25) is 0 Å². The first-order chi connectivity index (χ1) is 8.66. The monoisotopic (exact) mass is 243 g/mol. The highest BCUT2D eigenvalue weighted by molar-refractivity contribution is 6.59. The van der Waals surface area contributed by atoms with Gasteiger partial charge in [-0.15, -0.1) is 0 Å². The van der Waals surface area contributed by atoms with E-state index in [1.54, 1.807) is 30.6 Å². The molecule has 0 aliphatic carbocycles. The summed E-state index contributed by atoms with van der Waals surface area (Å²) >= 11 is 0. The Hall–Kier alpha value is -1.85. The fraction of sp³-hybridized carbons (Fsp3) is 0.154. The van der Waals surface area contributed by atoms with Crippen LogP contribution in [0.3, 0.4) is 0 Å². The molecule has 0 spiro atoms. The molecule has 0 aliphatic heterocycles. The standard InChI is InChI=1S/C13H14BNO3/c1-10-8-12(2-3-13(10)14(16)17)18-9-11-4-6-15-7-5-11/h2-8,16-17H,9H2,1H3. The zero-order chi connectivity index (χ0) is 13.0. The van der Waals surface area contributed by atoms with Crippen LogP contribution in [0.25, 0.3) is 0 Å². The van der Waals surface area contributed by atoms with E-state index >= 15 is 0 Å². The highest BCUT2D eigenvalue weighted by atomic mass is 16.5. The van der Waals surface area contributed by atoms with E-state index in [1.165, 1.54) is 0 Å². The van der Waals surface area contributed by atoms with Crippen LogP contribution in [0.2, 0.25) is 0 Å². The van der Waals surface area contributed by atoms with Crippen molar-refractivity contribution in [3.05, 3.63) is 53.9 Å². The molecule has 5 heteroatoms. The summed E-state index contributed by atoms with van der Waals surface area (Å²) in [6.45, 7) is 2.27. The highest BCUT2D eigenvalue weighted by Gasteiger charge is 2.13. The van der Waals surface area contributed by atoms with Crippen molar-refractivity contribution in [2.75, 3.05) is 0 Å². The van der Waals surface area contributed by atoms with Gasteiger partial charge in [-0.25, -0.2) is 0 Å². The number of nitrogens with zero attached hydrogens (tertiary/aromatic N) is 1. The van der Waals surface area contributed by atoms with Crippen LogP contribution in [-0.4, -0.2) is 22.2 Å². The first-order valence-electron chi connectivity index (χ1n) is 5.65. The van der Waals surface area contributed by atoms with Crippen LogP contribution in [0, 0.1) is 6.92 Å². The van der Waals surface area contributed by atoms with Gasteiger partial charge in [0, 0.05) is 12.4 Å². The topological polar surface area (TPSA) is 62.6 Å². The molecule has 0 amide bonds. The van der Waals surface area contributed by atoms with E-state index in [4.69, 9.17) is 14.8 Å². The predicted octanol–water partition coefficient (Wildman–Crippen LogP) is 0.649. The third-order valence-electron chi connectivity index (χ3n) is 2.67. The molecule has 1 aromatic carbocycles. The Kier molecular flexibility index (Phi) is 3.97. The lowest BCUT2D eigenvalue weighted by Crippen LogP contribution is -2.31. The lowest BCUT2D eigenvalue weighted by molar-refractivity contribution is 0.306. The Balaban J connectivity index is 2.05. The maximum atomic E-state index is 9.11. The summed E-state index contributed by atoms with van der Waals surface area (Å²) in [5.74, 6) is 0.703. The Labute approximate surface area is 106 Å². The van der Waals surface area contributed by atoms with Crippen molar-refractivity contribution >= 4 is 12.6 Å². The summed E-state index contributed by atoms with van der Waals surface area (Å²) in [4.78, 5) is 3.93. The van der Waals surface area contributed by atoms with E-state index < -0.39 is 7.12 Å². The number of rotatable bonds is 4. The first kappa shape index (κ1) is 12.6. The number of hydrogen-bond acceptors (Lipinski definition) is 4. The zero-order valence-electron chi connectivity index (χ0n) is 10.1. The van der Waals surface area contributed by atoms with Gasteiger partial charge in [-0.2, -0.15) is 0 Å². The Morgan fingerprint density at radius 1 is 1.17 bits per heavy atom. The lowest BCUT2D eigenvalue weighted by Gasteiger charge is -2.09. The fourth-order valence-corrected chi connectivity index (χ4v) is 1.67. The van der Waals surface area contributed by atoms with Crippen molar-refractivity contribution in [3.63, 3.8) is 0 Å². The zero-order valence-corrected chi connectivity index (χ0v) is 10.1. The molecule has 0 saturated heterocycles. The minimum absolute atomic E-state index is 0.461. The third-order valence-corrected chi connectivity index (χ3v) is 2.67. The van der Waals surface area contributed by atoms with E-state index in [2.05, 4.69) is 4.98 Å². The molecule has 1 heterocycles. The molecule has 0 unspecified atom stereocenters. The van der Waals surface area contributed by atoms with E-state index in [9.17, 15) is 0 Å². The number of aromatic nitrogens is 1. The van der Waals surface area contributed by atoms with Gasteiger partial charge in [0.25, 0.3) is 0 Å². The predicted molar refractivity (Wildman–Crippen MR) is 69.6 cm³/mol. The molecule has 0 aliphatic rings. The van der Waals surface area contributed by atoms with Crippen LogP contribution in [0.5, 0.6) is 5.75 Å². The number of ether oxygens (including phenoxy) is 1. The van der Waals surface area contributed by atoms with Crippen molar-refractivity contribution in [2.45, 2.75) is 13.5 Å². The van der Waals surface area contributed by atoms with Crippen molar-refractivity contribution in [3.8, 4) is 5.75 Å². The number of pyridine rings is 1. The van der Waals surface area contributed by atoms with Crippen LogP contribution in [0.4, 0.5) is 0 Å². The van der Waals surface area contributed by atoms with Crippen molar-refractivity contribution in [1.29, 1.82) is 0 Å². The van der Waals surface area contributed by atoms with Crippen LogP contribution >= 0.6 is 0 Å². The fourth-order valence-electron chi connectivity index (χ4n) is 1.67. The molecule has 2 aromatic rings. The van der Waals surface area contributed by atoms with Gasteiger partial charge in [0.1, 0.15) is 12.4 Å². The minimum Gasteiger partial charge on any atom is -0.489 e. The molecule has 18 heavy (non-hydrogen) atoms. The molecule has 2 N–H and O–H groups in total. The quantitative estimate of drug-likeness (QED) is 0.774. The van der Waals surface area contributed by atoms with E-state index in [-0.39, 0.29) is 0 Å². The Morgan fingerprint density at radius 2 is 1.89 bits per heavy atom. The van der Waals surface area contributed by atoms with Crippen LogP contribution in [0.15, 0.2) is 42.7 Å². The molecule has 2 rings (SSSR count). The molecule has 1 aromatic heterocycles. The Bertz CT molecular complexity index is 517. The number of benzene rings is 1. The molecular weight excluding hydrogens is 229 g/mol. The van der Waals surface area contributed by atoms with Gasteiger partial charge in [-0.05, 0) is 47.8 Å². The van der Waals surface area contributed by atoms with Gasteiger partial charge < -0.3 is 14.8 Å². The largest absolute Gasteiger partial charge is 0.489 e. The lowest BCUT2D eigenvalue weighted by atomic mass is 9.77. The summed E-state index contributed by atoms with van der Waals surface area (Å²) in [6, 6.07) is 8.94. The second-order valence-electron chi connectivity index (χ2n) is 4.04. The third kappa shape index (κ3) is 3.09. The second kappa shape index (κ2) is 5.66. The molecule has 0 bridgehead atoms. The van der Waals surface area contributed by atoms with E-state index in [0.29, 0.717) is 17.8 Å². The maximum Gasteiger partial charge on any atom is 0.488 e. The van der Waals surface area contributed by atoms with Gasteiger partial charge in [-0.3, -0.25) is 4.98 Å². The van der Waals surface area contributed by atoms with Gasteiger partial charge in [0.15, 0.2) is 0 Å².